The molecule has 23 heavy (non-hydrogen) atoms. The highest BCUT2D eigenvalue weighted by Crippen LogP contribution is 2.23. The smallest absolute Gasteiger partial charge is 0.339 e. The SMILES string of the molecule is COc1cc(OC)cc(C(=O)OC(C)C(=O)c2ccccc2)c1. The lowest BCUT2D eigenvalue weighted by Gasteiger charge is -2.13. The second kappa shape index (κ2) is 7.45. The average molecular weight is 314 g/mol. The van der Waals surface area contributed by atoms with E-state index in [-0.39, 0.29) is 11.3 Å². The van der Waals surface area contributed by atoms with E-state index < -0.39 is 12.1 Å². The van der Waals surface area contributed by atoms with Crippen LogP contribution < -0.4 is 9.47 Å². The molecule has 2 aromatic carbocycles. The van der Waals surface area contributed by atoms with Gasteiger partial charge in [-0.15, -0.1) is 0 Å². The Hall–Kier alpha value is -2.82. The Balaban J connectivity index is 2.14. The molecule has 0 saturated carbocycles. The maximum Gasteiger partial charge on any atom is 0.339 e. The molecule has 0 aliphatic carbocycles. The number of hydrogen-bond acceptors (Lipinski definition) is 5. The summed E-state index contributed by atoms with van der Waals surface area (Å²) in [5.41, 5.74) is 0.755. The number of rotatable bonds is 6. The number of ether oxygens (including phenoxy) is 3. The minimum Gasteiger partial charge on any atom is -0.497 e. The van der Waals surface area contributed by atoms with Crippen molar-refractivity contribution in [3.63, 3.8) is 0 Å². The van der Waals surface area contributed by atoms with Crippen LogP contribution in [0, 0.1) is 0 Å². The summed E-state index contributed by atoms with van der Waals surface area (Å²) >= 11 is 0. The molecule has 0 amide bonds. The third-order valence-electron chi connectivity index (χ3n) is 3.30. The summed E-state index contributed by atoms with van der Waals surface area (Å²) in [6.07, 6.45) is -0.887. The Kier molecular flexibility index (Phi) is 5.36. The molecule has 0 heterocycles. The number of methoxy groups -OCH3 is 2. The first-order valence-electron chi connectivity index (χ1n) is 7.08. The number of hydrogen-bond donors (Lipinski definition) is 0. The van der Waals surface area contributed by atoms with Crippen molar-refractivity contribution in [1.82, 2.24) is 0 Å². The summed E-state index contributed by atoms with van der Waals surface area (Å²) in [6, 6.07) is 13.4. The van der Waals surface area contributed by atoms with E-state index in [9.17, 15) is 9.59 Å². The van der Waals surface area contributed by atoms with Crippen molar-refractivity contribution in [3.8, 4) is 11.5 Å². The number of carbonyl (C=O) groups is 2. The molecule has 0 bridgehead atoms. The first-order valence-corrected chi connectivity index (χ1v) is 7.08. The number of ketones is 1. The fourth-order valence-electron chi connectivity index (χ4n) is 2.04. The van der Waals surface area contributed by atoms with Crippen molar-refractivity contribution in [2.75, 3.05) is 14.2 Å². The van der Waals surface area contributed by atoms with E-state index in [1.165, 1.54) is 26.4 Å². The van der Waals surface area contributed by atoms with Gasteiger partial charge >= 0.3 is 5.97 Å². The van der Waals surface area contributed by atoms with Gasteiger partial charge in [-0.2, -0.15) is 0 Å². The predicted molar refractivity (Wildman–Crippen MR) is 85.2 cm³/mol. The van der Waals surface area contributed by atoms with E-state index in [0.29, 0.717) is 17.1 Å². The fraction of sp³-hybridized carbons (Fsp3) is 0.222. The predicted octanol–water partition coefficient (Wildman–Crippen LogP) is 3.13. The summed E-state index contributed by atoms with van der Waals surface area (Å²) in [5.74, 6) is 0.0736. The molecule has 2 rings (SSSR count). The first kappa shape index (κ1) is 16.5. The number of benzene rings is 2. The topological polar surface area (TPSA) is 61.8 Å². The van der Waals surface area contributed by atoms with E-state index in [4.69, 9.17) is 14.2 Å². The highest BCUT2D eigenvalue weighted by molar-refractivity contribution is 6.01. The van der Waals surface area contributed by atoms with E-state index in [1.807, 2.05) is 6.07 Å². The molecule has 0 spiro atoms. The lowest BCUT2D eigenvalue weighted by molar-refractivity contribution is 0.0318. The summed E-state index contributed by atoms with van der Waals surface area (Å²) in [5, 5.41) is 0. The third-order valence-corrected chi connectivity index (χ3v) is 3.30. The zero-order chi connectivity index (χ0) is 16.8. The highest BCUT2D eigenvalue weighted by atomic mass is 16.5. The van der Waals surface area contributed by atoms with Gasteiger partial charge in [0, 0.05) is 11.6 Å². The Bertz CT molecular complexity index is 672. The van der Waals surface area contributed by atoms with Crippen molar-refractivity contribution in [2.45, 2.75) is 13.0 Å². The van der Waals surface area contributed by atoms with Gasteiger partial charge in [0.1, 0.15) is 11.5 Å². The Labute approximate surface area is 134 Å². The quantitative estimate of drug-likeness (QED) is 0.605. The molecule has 5 heteroatoms. The fourth-order valence-corrected chi connectivity index (χ4v) is 2.04. The molecule has 5 nitrogen and oxygen atoms in total. The van der Waals surface area contributed by atoms with Gasteiger partial charge in [0.2, 0.25) is 5.78 Å². The number of carbonyl (C=O) groups excluding carboxylic acids is 2. The van der Waals surface area contributed by atoms with Crippen LogP contribution in [0.2, 0.25) is 0 Å². The van der Waals surface area contributed by atoms with Crippen molar-refractivity contribution < 1.29 is 23.8 Å². The summed E-state index contributed by atoms with van der Waals surface area (Å²) < 4.78 is 15.5. The number of Topliss-reactive ketones (excluding diaryl/α,β-unsaturated/α-hetero) is 1. The zero-order valence-electron chi connectivity index (χ0n) is 13.2. The van der Waals surface area contributed by atoms with Gasteiger partial charge < -0.3 is 14.2 Å². The Morgan fingerprint density at radius 2 is 1.43 bits per heavy atom. The minimum atomic E-state index is -0.887. The van der Waals surface area contributed by atoms with Gasteiger partial charge in [-0.05, 0) is 19.1 Å². The van der Waals surface area contributed by atoms with E-state index >= 15 is 0 Å². The molecule has 1 unspecified atom stereocenters. The molecule has 0 aromatic heterocycles. The summed E-state index contributed by atoms with van der Waals surface area (Å²) in [6.45, 7) is 1.55. The van der Waals surface area contributed by atoms with Crippen molar-refractivity contribution in [3.05, 3.63) is 59.7 Å². The lowest BCUT2D eigenvalue weighted by Crippen LogP contribution is -2.24. The van der Waals surface area contributed by atoms with E-state index in [2.05, 4.69) is 0 Å². The summed E-state index contributed by atoms with van der Waals surface area (Å²) in [7, 11) is 2.98. The zero-order valence-corrected chi connectivity index (χ0v) is 13.2. The van der Waals surface area contributed by atoms with Crippen LogP contribution in [0.3, 0.4) is 0 Å². The van der Waals surface area contributed by atoms with Crippen molar-refractivity contribution in [2.24, 2.45) is 0 Å². The average Bonchev–Trinajstić information content (AvgIpc) is 2.61. The molecule has 1 atom stereocenters. The molecule has 120 valence electrons. The molecular formula is C18H18O5. The van der Waals surface area contributed by atoms with Gasteiger partial charge in [-0.1, -0.05) is 30.3 Å². The Morgan fingerprint density at radius 3 is 1.96 bits per heavy atom. The third kappa shape index (κ3) is 4.10. The molecule has 0 aliphatic heterocycles. The van der Waals surface area contributed by atoms with Crippen LogP contribution in [-0.4, -0.2) is 32.1 Å². The Morgan fingerprint density at radius 1 is 0.870 bits per heavy atom. The van der Waals surface area contributed by atoms with Crippen LogP contribution in [-0.2, 0) is 4.74 Å². The maximum absolute atomic E-state index is 12.2. The van der Waals surface area contributed by atoms with Gasteiger partial charge in [0.05, 0.1) is 19.8 Å². The van der Waals surface area contributed by atoms with Crippen molar-refractivity contribution in [1.29, 1.82) is 0 Å². The van der Waals surface area contributed by atoms with Crippen LogP contribution in [0.25, 0.3) is 0 Å². The molecule has 0 saturated heterocycles. The second-order valence-corrected chi connectivity index (χ2v) is 4.88. The van der Waals surface area contributed by atoms with Crippen LogP contribution >= 0.6 is 0 Å². The lowest BCUT2D eigenvalue weighted by atomic mass is 10.1. The molecule has 0 fully saturated rings. The van der Waals surface area contributed by atoms with Gasteiger partial charge in [-0.25, -0.2) is 4.79 Å². The monoisotopic (exact) mass is 314 g/mol. The van der Waals surface area contributed by atoms with Gasteiger partial charge in [0.15, 0.2) is 6.10 Å². The van der Waals surface area contributed by atoms with E-state index in [1.54, 1.807) is 37.3 Å². The highest BCUT2D eigenvalue weighted by Gasteiger charge is 2.21. The second-order valence-electron chi connectivity index (χ2n) is 4.88. The van der Waals surface area contributed by atoms with Crippen LogP contribution in [0.4, 0.5) is 0 Å². The normalized spacial score (nSPS) is 11.4. The van der Waals surface area contributed by atoms with Crippen LogP contribution in [0.1, 0.15) is 27.6 Å². The first-order chi connectivity index (χ1) is 11.0. The number of esters is 1. The summed E-state index contributed by atoms with van der Waals surface area (Å²) in [4.78, 5) is 24.5. The van der Waals surface area contributed by atoms with Gasteiger partial charge in [0.25, 0.3) is 0 Å². The minimum absolute atomic E-state index is 0.256. The largest absolute Gasteiger partial charge is 0.497 e. The standard InChI is InChI=1S/C18H18O5/c1-12(17(19)13-7-5-4-6-8-13)23-18(20)14-9-15(21-2)11-16(10-14)22-3/h4-12H,1-3H3. The van der Waals surface area contributed by atoms with Crippen LogP contribution in [0.5, 0.6) is 11.5 Å². The molecule has 2 aromatic rings. The van der Waals surface area contributed by atoms with Crippen LogP contribution in [0.15, 0.2) is 48.5 Å². The van der Waals surface area contributed by atoms with Gasteiger partial charge in [-0.3, -0.25) is 4.79 Å². The molecule has 0 N–H and O–H groups in total. The molecule has 0 aliphatic rings. The molecular weight excluding hydrogens is 296 g/mol. The van der Waals surface area contributed by atoms with Crippen molar-refractivity contribution >= 4 is 11.8 Å². The molecule has 0 radical (unpaired) electrons. The maximum atomic E-state index is 12.2. The van der Waals surface area contributed by atoms with E-state index in [0.717, 1.165) is 0 Å².